The quantitative estimate of drug-likeness (QED) is 0.250. The molecule has 0 aromatic rings. The molecule has 10 nitrogen and oxygen atoms in total. The molecule has 1 heterocycles. The molecule has 1 aliphatic rings. The van der Waals surface area contributed by atoms with Gasteiger partial charge in [-0.1, -0.05) is 55.4 Å². The third-order valence-corrected chi connectivity index (χ3v) is 4.67. The van der Waals surface area contributed by atoms with E-state index in [2.05, 4.69) is 0 Å². The van der Waals surface area contributed by atoms with Crippen LogP contribution in [0.3, 0.4) is 0 Å². The molecule has 1 aliphatic heterocycles. The summed E-state index contributed by atoms with van der Waals surface area (Å²) >= 11 is 0. The average molecular weight is 513 g/mol. The highest BCUT2D eigenvalue weighted by atomic mass is 16.7. The van der Waals surface area contributed by atoms with Gasteiger partial charge in [0.25, 0.3) is 5.76 Å². The normalized spacial score (nSPS) is 16.4. The van der Waals surface area contributed by atoms with Crippen molar-refractivity contribution >= 4 is 29.8 Å². The van der Waals surface area contributed by atoms with Crippen LogP contribution in [-0.4, -0.2) is 48.7 Å². The van der Waals surface area contributed by atoms with E-state index >= 15 is 0 Å². The first-order valence-electron chi connectivity index (χ1n) is 12.4. The van der Waals surface area contributed by atoms with E-state index < -0.39 is 54.4 Å². The minimum atomic E-state index is -1.45. The van der Waals surface area contributed by atoms with Gasteiger partial charge < -0.3 is 23.7 Å². The highest BCUT2D eigenvalue weighted by Crippen LogP contribution is 2.30. The predicted molar refractivity (Wildman–Crippen MR) is 128 cm³/mol. The van der Waals surface area contributed by atoms with Crippen LogP contribution in [0.25, 0.3) is 0 Å². The van der Waals surface area contributed by atoms with E-state index in [0.29, 0.717) is 0 Å². The number of carbonyl (C=O) groups is 5. The topological polar surface area (TPSA) is 132 Å². The fourth-order valence-corrected chi connectivity index (χ4v) is 3.18. The number of cyclic esters (lactones) is 1. The lowest BCUT2D eigenvalue weighted by Gasteiger charge is -2.24. The van der Waals surface area contributed by atoms with Gasteiger partial charge >= 0.3 is 29.8 Å². The van der Waals surface area contributed by atoms with Crippen molar-refractivity contribution in [3.63, 3.8) is 0 Å². The molecule has 0 aromatic heterocycles. The Morgan fingerprint density at radius 3 is 1.64 bits per heavy atom. The van der Waals surface area contributed by atoms with Crippen molar-refractivity contribution < 1.29 is 47.7 Å². The first-order chi connectivity index (χ1) is 16.7. The highest BCUT2D eigenvalue weighted by molar-refractivity contribution is 5.93. The van der Waals surface area contributed by atoms with E-state index in [-0.39, 0.29) is 55.1 Å². The largest absolute Gasteiger partial charge is 0.462 e. The average Bonchev–Trinajstić information content (AvgIpc) is 2.98. The second kappa shape index (κ2) is 14.6. The molecule has 0 unspecified atom stereocenters. The molecule has 36 heavy (non-hydrogen) atoms. The summed E-state index contributed by atoms with van der Waals surface area (Å²) in [5, 5.41) is 0. The van der Waals surface area contributed by atoms with Crippen molar-refractivity contribution in [1.82, 2.24) is 0 Å². The molecule has 0 spiro atoms. The molecule has 0 N–H and O–H groups in total. The van der Waals surface area contributed by atoms with Gasteiger partial charge in [-0.25, -0.2) is 4.79 Å². The van der Waals surface area contributed by atoms with Crippen LogP contribution in [0.2, 0.25) is 0 Å². The van der Waals surface area contributed by atoms with Gasteiger partial charge in [0.05, 0.1) is 0 Å². The maximum Gasteiger partial charge on any atom is 0.379 e. The molecule has 0 amide bonds. The minimum absolute atomic E-state index is 0.00822. The molecular formula is C26H40O10. The number of rotatable bonds is 14. The second-order valence-corrected chi connectivity index (χ2v) is 10.6. The number of carbonyl (C=O) groups excluding carboxylic acids is 5. The molecule has 10 heteroatoms. The van der Waals surface area contributed by atoms with Crippen molar-refractivity contribution in [2.45, 2.75) is 93.3 Å². The van der Waals surface area contributed by atoms with Gasteiger partial charge in [-0.15, -0.1) is 0 Å². The summed E-state index contributed by atoms with van der Waals surface area (Å²) in [5.41, 5.74) is 0. The smallest absolute Gasteiger partial charge is 0.379 e. The summed E-state index contributed by atoms with van der Waals surface area (Å²) in [4.78, 5) is 62.1. The Kier molecular flexibility index (Phi) is 12.6. The van der Waals surface area contributed by atoms with Gasteiger partial charge in [-0.05, 0) is 23.7 Å². The fraction of sp³-hybridized carbons (Fsp3) is 0.731. The first-order valence-corrected chi connectivity index (χ1v) is 12.4. The second-order valence-electron chi connectivity index (χ2n) is 10.6. The predicted octanol–water partition coefficient (Wildman–Crippen LogP) is 3.85. The molecule has 204 valence electrons. The van der Waals surface area contributed by atoms with Crippen LogP contribution in [0.5, 0.6) is 0 Å². The molecule has 0 bridgehead atoms. The SMILES string of the molecule is CC(C)CC(=O)OC[C@H](OC(=O)CC(C)C)[C@H]1OC(=O)C(OC(=O)CC(C)C)=C1OC(=O)CC(C)C. The molecule has 0 radical (unpaired) electrons. The van der Waals surface area contributed by atoms with Gasteiger partial charge in [0, 0.05) is 25.7 Å². The Hall–Kier alpha value is -2.91. The third-order valence-electron chi connectivity index (χ3n) is 4.67. The maximum absolute atomic E-state index is 12.7. The van der Waals surface area contributed by atoms with Crippen LogP contribution < -0.4 is 0 Å². The molecule has 1 rings (SSSR count). The van der Waals surface area contributed by atoms with E-state index in [1.807, 2.05) is 27.7 Å². The van der Waals surface area contributed by atoms with Gasteiger partial charge in [-0.2, -0.15) is 0 Å². The number of ether oxygens (including phenoxy) is 5. The van der Waals surface area contributed by atoms with Gasteiger partial charge in [-0.3, -0.25) is 19.2 Å². The van der Waals surface area contributed by atoms with E-state index in [1.54, 1.807) is 27.7 Å². The summed E-state index contributed by atoms with van der Waals surface area (Å²) < 4.78 is 26.8. The van der Waals surface area contributed by atoms with Crippen molar-refractivity contribution in [2.75, 3.05) is 6.61 Å². The summed E-state index contributed by atoms with van der Waals surface area (Å²) in [7, 11) is 0. The lowest BCUT2D eigenvalue weighted by Crippen LogP contribution is -2.39. The lowest BCUT2D eigenvalue weighted by atomic mass is 10.1. The van der Waals surface area contributed by atoms with Crippen LogP contribution in [-0.2, 0) is 47.7 Å². The summed E-state index contributed by atoms with van der Waals surface area (Å²) in [6.07, 6.45) is -2.56. The van der Waals surface area contributed by atoms with E-state index in [1.165, 1.54) is 0 Å². The van der Waals surface area contributed by atoms with Crippen LogP contribution >= 0.6 is 0 Å². The van der Waals surface area contributed by atoms with Crippen molar-refractivity contribution in [3.05, 3.63) is 11.5 Å². The van der Waals surface area contributed by atoms with Crippen molar-refractivity contribution in [1.29, 1.82) is 0 Å². The van der Waals surface area contributed by atoms with E-state index in [0.717, 1.165) is 0 Å². The van der Waals surface area contributed by atoms with Crippen LogP contribution in [0.15, 0.2) is 11.5 Å². The fourth-order valence-electron chi connectivity index (χ4n) is 3.18. The Morgan fingerprint density at radius 1 is 0.694 bits per heavy atom. The van der Waals surface area contributed by atoms with Gasteiger partial charge in [0.2, 0.25) is 11.9 Å². The number of esters is 5. The lowest BCUT2D eigenvalue weighted by molar-refractivity contribution is -0.173. The molecule has 2 atom stereocenters. The molecular weight excluding hydrogens is 472 g/mol. The Balaban J connectivity index is 3.33. The summed E-state index contributed by atoms with van der Waals surface area (Å²) in [6, 6.07) is 0. The monoisotopic (exact) mass is 512 g/mol. The van der Waals surface area contributed by atoms with Crippen molar-refractivity contribution in [2.24, 2.45) is 23.7 Å². The zero-order valence-electron chi connectivity index (χ0n) is 22.6. The minimum Gasteiger partial charge on any atom is -0.462 e. The van der Waals surface area contributed by atoms with E-state index in [9.17, 15) is 24.0 Å². The highest BCUT2D eigenvalue weighted by Gasteiger charge is 2.46. The molecule has 0 fully saturated rings. The van der Waals surface area contributed by atoms with Crippen LogP contribution in [0, 0.1) is 23.7 Å². The zero-order chi connectivity index (χ0) is 27.6. The van der Waals surface area contributed by atoms with Crippen LogP contribution in [0.1, 0.15) is 81.1 Å². The molecule has 0 aliphatic carbocycles. The Labute approximate surface area is 213 Å². The zero-order valence-corrected chi connectivity index (χ0v) is 22.6. The summed E-state index contributed by atoms with van der Waals surface area (Å²) in [5.74, 6) is -4.69. The Morgan fingerprint density at radius 2 is 1.14 bits per heavy atom. The maximum atomic E-state index is 12.7. The standard InChI is InChI=1S/C26H40O10/c1-14(2)9-19(27)32-13-18(33-20(28)10-15(3)4)23-24(34-21(29)11-16(5)6)25(26(31)36-23)35-22(30)12-17(7)8/h14-18,23H,9-13H2,1-8H3/t18-,23+/m0/s1. The molecule has 0 aromatic carbocycles. The Bertz CT molecular complexity index is 838. The molecule has 0 saturated carbocycles. The molecule has 0 saturated heterocycles. The van der Waals surface area contributed by atoms with E-state index in [4.69, 9.17) is 23.7 Å². The van der Waals surface area contributed by atoms with Gasteiger partial charge in [0.1, 0.15) is 6.61 Å². The summed E-state index contributed by atoms with van der Waals surface area (Å²) in [6.45, 7) is 14.1. The number of hydrogen-bond donors (Lipinski definition) is 0. The van der Waals surface area contributed by atoms with Gasteiger partial charge in [0.15, 0.2) is 6.10 Å². The van der Waals surface area contributed by atoms with Crippen molar-refractivity contribution in [3.8, 4) is 0 Å². The van der Waals surface area contributed by atoms with Crippen LogP contribution in [0.4, 0.5) is 0 Å². The number of hydrogen-bond acceptors (Lipinski definition) is 10. The third kappa shape index (κ3) is 11.2. The first kappa shape index (κ1) is 31.1.